The maximum Gasteiger partial charge on any atom is 0.264 e. The Hall–Kier alpha value is -3.93. The molecule has 4 aromatic rings. The van der Waals surface area contributed by atoms with Gasteiger partial charge in [-0.25, -0.2) is 21.8 Å². The van der Waals surface area contributed by atoms with Crippen LogP contribution in [0, 0.1) is 6.92 Å². The molecule has 9 nitrogen and oxygen atoms in total. The van der Waals surface area contributed by atoms with Crippen molar-refractivity contribution in [3.63, 3.8) is 0 Å². The number of anilines is 3. The Labute approximate surface area is 226 Å². The van der Waals surface area contributed by atoms with E-state index < -0.39 is 32.5 Å². The SMILES string of the molecule is Cc1ccccc1N(CC(=O)Nc1ccc(S(=O)(=O)Nc2ccccn2)cc1)S(=O)(=O)c1ccc(Cl)cc1. The Bertz CT molecular complexity index is 1650. The summed E-state index contributed by atoms with van der Waals surface area (Å²) in [5.74, 6) is -0.448. The number of nitrogens with one attached hydrogen (secondary N) is 2. The van der Waals surface area contributed by atoms with Crippen LogP contribution in [0.2, 0.25) is 5.02 Å². The Balaban J connectivity index is 1.54. The minimum atomic E-state index is -4.12. The Morgan fingerprint density at radius 2 is 1.47 bits per heavy atom. The second-order valence-electron chi connectivity index (χ2n) is 8.15. The summed E-state index contributed by atoms with van der Waals surface area (Å²) in [6, 6.07) is 22.8. The van der Waals surface area contributed by atoms with Gasteiger partial charge in [0.1, 0.15) is 12.4 Å². The van der Waals surface area contributed by atoms with Gasteiger partial charge in [0.15, 0.2) is 0 Å². The van der Waals surface area contributed by atoms with Crippen molar-refractivity contribution in [1.82, 2.24) is 4.98 Å². The highest BCUT2D eigenvalue weighted by Crippen LogP contribution is 2.27. The molecule has 0 unspecified atom stereocenters. The molecule has 0 aliphatic heterocycles. The van der Waals surface area contributed by atoms with Gasteiger partial charge in [-0.2, -0.15) is 0 Å². The van der Waals surface area contributed by atoms with Gasteiger partial charge in [0.2, 0.25) is 5.91 Å². The number of halogens is 1. The van der Waals surface area contributed by atoms with Gasteiger partial charge in [-0.3, -0.25) is 13.8 Å². The van der Waals surface area contributed by atoms with Crippen molar-refractivity contribution in [3.8, 4) is 0 Å². The van der Waals surface area contributed by atoms with E-state index in [0.717, 1.165) is 4.31 Å². The van der Waals surface area contributed by atoms with E-state index in [4.69, 9.17) is 11.6 Å². The largest absolute Gasteiger partial charge is 0.325 e. The average Bonchev–Trinajstić information content (AvgIpc) is 2.89. The molecule has 4 rings (SSSR count). The third-order valence-corrected chi connectivity index (χ3v) is 8.82. The molecule has 1 aromatic heterocycles. The van der Waals surface area contributed by atoms with Crippen LogP contribution in [0.25, 0.3) is 0 Å². The summed E-state index contributed by atoms with van der Waals surface area (Å²) in [5, 5.41) is 3.01. The fraction of sp³-hybridized carbons (Fsp3) is 0.0769. The number of hydrogen-bond donors (Lipinski definition) is 2. The molecule has 2 N–H and O–H groups in total. The first-order valence-electron chi connectivity index (χ1n) is 11.2. The quantitative estimate of drug-likeness (QED) is 0.301. The molecule has 0 fully saturated rings. The van der Waals surface area contributed by atoms with E-state index in [1.54, 1.807) is 43.3 Å². The molecular formula is C26H23ClN4O5S2. The number of sulfonamides is 2. The van der Waals surface area contributed by atoms with E-state index in [9.17, 15) is 21.6 Å². The van der Waals surface area contributed by atoms with E-state index in [-0.39, 0.29) is 15.6 Å². The van der Waals surface area contributed by atoms with Gasteiger partial charge in [0.05, 0.1) is 15.5 Å². The van der Waals surface area contributed by atoms with Gasteiger partial charge in [-0.1, -0.05) is 35.9 Å². The second-order valence-corrected chi connectivity index (χ2v) is 12.1. The van der Waals surface area contributed by atoms with Crippen molar-refractivity contribution in [1.29, 1.82) is 0 Å². The molecule has 3 aromatic carbocycles. The lowest BCUT2D eigenvalue weighted by Gasteiger charge is -2.25. The van der Waals surface area contributed by atoms with E-state index in [0.29, 0.717) is 22.0 Å². The zero-order valence-electron chi connectivity index (χ0n) is 20.1. The van der Waals surface area contributed by atoms with E-state index in [1.807, 2.05) is 0 Å². The van der Waals surface area contributed by atoms with Crippen LogP contribution in [0.1, 0.15) is 5.56 Å². The van der Waals surface area contributed by atoms with Gasteiger partial charge >= 0.3 is 0 Å². The highest BCUT2D eigenvalue weighted by molar-refractivity contribution is 7.93. The molecular weight excluding hydrogens is 548 g/mol. The molecule has 1 heterocycles. The summed E-state index contributed by atoms with van der Waals surface area (Å²) < 4.78 is 55.7. The average molecular weight is 571 g/mol. The zero-order chi connectivity index (χ0) is 27.3. The van der Waals surface area contributed by atoms with Crippen molar-refractivity contribution in [2.24, 2.45) is 0 Å². The third-order valence-electron chi connectivity index (χ3n) is 5.43. The summed E-state index contributed by atoms with van der Waals surface area (Å²) in [7, 11) is -8.01. The summed E-state index contributed by atoms with van der Waals surface area (Å²) in [5.41, 5.74) is 1.30. The number of para-hydroxylation sites is 1. The number of nitrogens with zero attached hydrogens (tertiary/aromatic N) is 2. The first-order chi connectivity index (χ1) is 18.1. The number of hydrogen-bond acceptors (Lipinski definition) is 6. The van der Waals surface area contributed by atoms with Crippen LogP contribution in [0.3, 0.4) is 0 Å². The first-order valence-corrected chi connectivity index (χ1v) is 14.5. The molecule has 0 radical (unpaired) electrons. The predicted octanol–water partition coefficient (Wildman–Crippen LogP) is 4.68. The molecule has 0 atom stereocenters. The lowest BCUT2D eigenvalue weighted by atomic mass is 10.2. The normalized spacial score (nSPS) is 11.5. The number of pyridine rings is 1. The zero-order valence-corrected chi connectivity index (χ0v) is 22.5. The molecule has 0 bridgehead atoms. The number of carbonyl (C=O) groups is 1. The van der Waals surface area contributed by atoms with Gasteiger partial charge in [-0.05, 0) is 79.2 Å². The number of aryl methyl sites for hydroxylation is 1. The number of aromatic nitrogens is 1. The van der Waals surface area contributed by atoms with Crippen molar-refractivity contribution in [2.45, 2.75) is 16.7 Å². The lowest BCUT2D eigenvalue weighted by molar-refractivity contribution is -0.114. The highest BCUT2D eigenvalue weighted by atomic mass is 35.5. The van der Waals surface area contributed by atoms with Gasteiger partial charge in [-0.15, -0.1) is 0 Å². The first kappa shape index (κ1) is 27.1. The summed E-state index contributed by atoms with van der Waals surface area (Å²) in [4.78, 5) is 16.9. The lowest BCUT2D eigenvalue weighted by Crippen LogP contribution is -2.38. The minimum Gasteiger partial charge on any atom is -0.325 e. The smallest absolute Gasteiger partial charge is 0.264 e. The summed E-state index contributed by atoms with van der Waals surface area (Å²) in [6.07, 6.45) is 1.46. The Morgan fingerprint density at radius 1 is 0.842 bits per heavy atom. The maximum absolute atomic E-state index is 13.5. The maximum atomic E-state index is 13.5. The number of amides is 1. The van der Waals surface area contributed by atoms with E-state index >= 15 is 0 Å². The molecule has 0 saturated heterocycles. The third kappa shape index (κ3) is 6.31. The second kappa shape index (κ2) is 11.2. The molecule has 0 saturated carbocycles. The topological polar surface area (TPSA) is 126 Å². The summed E-state index contributed by atoms with van der Waals surface area (Å²) >= 11 is 5.92. The fourth-order valence-electron chi connectivity index (χ4n) is 3.54. The van der Waals surface area contributed by atoms with Crippen LogP contribution < -0.4 is 14.3 Å². The van der Waals surface area contributed by atoms with Crippen molar-refractivity contribution >= 4 is 54.7 Å². The monoisotopic (exact) mass is 570 g/mol. The fourth-order valence-corrected chi connectivity index (χ4v) is 6.16. The molecule has 12 heteroatoms. The van der Waals surface area contributed by atoms with Crippen LogP contribution in [-0.2, 0) is 24.8 Å². The van der Waals surface area contributed by atoms with Gasteiger partial charge < -0.3 is 5.32 Å². The van der Waals surface area contributed by atoms with E-state index in [2.05, 4.69) is 15.0 Å². The summed E-state index contributed by atoms with van der Waals surface area (Å²) in [6.45, 7) is 1.23. The van der Waals surface area contributed by atoms with Crippen LogP contribution >= 0.6 is 11.6 Å². The van der Waals surface area contributed by atoms with Crippen LogP contribution in [-0.4, -0.2) is 34.3 Å². The molecule has 0 aliphatic rings. The molecule has 1 amide bonds. The van der Waals surface area contributed by atoms with Gasteiger partial charge in [0, 0.05) is 16.9 Å². The van der Waals surface area contributed by atoms with Crippen molar-refractivity contribution in [3.05, 3.63) is 108 Å². The van der Waals surface area contributed by atoms with Crippen LogP contribution in [0.4, 0.5) is 17.2 Å². The van der Waals surface area contributed by atoms with Crippen LogP contribution in [0.5, 0.6) is 0 Å². The number of carbonyl (C=O) groups excluding carboxylic acids is 1. The van der Waals surface area contributed by atoms with Crippen molar-refractivity contribution < 1.29 is 21.6 Å². The molecule has 196 valence electrons. The minimum absolute atomic E-state index is 0.0204. The molecule has 0 aliphatic carbocycles. The standard InChI is InChI=1S/C26H23ClN4O5S2/c1-19-6-2-3-7-24(19)31(38(35,36)23-13-9-20(27)10-14-23)18-26(32)29-21-11-15-22(16-12-21)37(33,34)30-25-8-4-5-17-28-25/h2-17H,18H2,1H3,(H,28,30)(H,29,32). The highest BCUT2D eigenvalue weighted by Gasteiger charge is 2.28. The molecule has 0 spiro atoms. The van der Waals surface area contributed by atoms with Gasteiger partial charge in [0.25, 0.3) is 20.0 Å². The Kier molecular flexibility index (Phi) is 8.00. The van der Waals surface area contributed by atoms with E-state index in [1.165, 1.54) is 60.8 Å². The number of benzene rings is 3. The predicted molar refractivity (Wildman–Crippen MR) is 147 cm³/mol. The Morgan fingerprint density at radius 3 is 2.11 bits per heavy atom. The number of rotatable bonds is 9. The van der Waals surface area contributed by atoms with Crippen LogP contribution in [0.15, 0.2) is 107 Å². The molecule has 38 heavy (non-hydrogen) atoms. The van der Waals surface area contributed by atoms with Crippen molar-refractivity contribution in [2.75, 3.05) is 20.9 Å².